The van der Waals surface area contributed by atoms with E-state index in [-0.39, 0.29) is 18.4 Å². The number of rotatable bonds is 9. The number of para-hydroxylation sites is 1. The Morgan fingerprint density at radius 3 is 2.40 bits per heavy atom. The number of hydrazone groups is 1. The van der Waals surface area contributed by atoms with E-state index >= 15 is 0 Å². The third-order valence-electron chi connectivity index (χ3n) is 5.23. The van der Waals surface area contributed by atoms with Gasteiger partial charge in [-0.15, -0.1) is 0 Å². The van der Waals surface area contributed by atoms with Crippen molar-refractivity contribution in [1.82, 2.24) is 10.7 Å². The van der Waals surface area contributed by atoms with Gasteiger partial charge in [0.1, 0.15) is 18.4 Å². The first-order valence-corrected chi connectivity index (χ1v) is 11.9. The maximum Gasteiger partial charge on any atom is 0.262 e. The van der Waals surface area contributed by atoms with Crippen LogP contribution in [0, 0.1) is 12.8 Å². The zero-order valence-corrected chi connectivity index (χ0v) is 21.2. The molecule has 6 nitrogen and oxygen atoms in total. The van der Waals surface area contributed by atoms with Crippen LogP contribution in [0.15, 0.2) is 71.8 Å². The molecular formula is C27H27Cl2N3O3. The van der Waals surface area contributed by atoms with E-state index < -0.39 is 11.9 Å². The van der Waals surface area contributed by atoms with Gasteiger partial charge in [-0.05, 0) is 54.8 Å². The predicted octanol–water partition coefficient (Wildman–Crippen LogP) is 5.79. The Morgan fingerprint density at radius 1 is 1.00 bits per heavy atom. The minimum Gasteiger partial charge on any atom is -0.488 e. The van der Waals surface area contributed by atoms with Crippen LogP contribution in [0.4, 0.5) is 0 Å². The number of aryl methyl sites for hydroxylation is 1. The number of benzene rings is 3. The largest absolute Gasteiger partial charge is 0.488 e. The molecule has 1 atom stereocenters. The Labute approximate surface area is 215 Å². The van der Waals surface area contributed by atoms with Crippen LogP contribution in [0.2, 0.25) is 10.0 Å². The van der Waals surface area contributed by atoms with E-state index in [1.54, 1.807) is 30.3 Å². The fourth-order valence-electron chi connectivity index (χ4n) is 3.21. The first kappa shape index (κ1) is 26.3. The van der Waals surface area contributed by atoms with Crippen molar-refractivity contribution in [3.05, 3.63) is 99.0 Å². The van der Waals surface area contributed by atoms with E-state index in [2.05, 4.69) is 15.8 Å². The molecule has 0 aliphatic carbocycles. The number of hydrogen-bond donors (Lipinski definition) is 2. The first-order chi connectivity index (χ1) is 16.7. The molecule has 3 aromatic carbocycles. The Morgan fingerprint density at radius 2 is 1.71 bits per heavy atom. The van der Waals surface area contributed by atoms with Crippen molar-refractivity contribution in [2.45, 2.75) is 33.4 Å². The zero-order valence-electron chi connectivity index (χ0n) is 19.7. The first-order valence-electron chi connectivity index (χ1n) is 11.1. The third-order valence-corrected chi connectivity index (χ3v) is 5.96. The van der Waals surface area contributed by atoms with Gasteiger partial charge in [0.15, 0.2) is 0 Å². The fraction of sp³-hybridized carbons (Fsp3) is 0.222. The molecule has 0 radical (unpaired) electrons. The van der Waals surface area contributed by atoms with Gasteiger partial charge in [-0.25, -0.2) is 5.43 Å². The van der Waals surface area contributed by atoms with E-state index in [1.165, 1.54) is 6.21 Å². The molecule has 2 amide bonds. The standard InChI is InChI=1S/C27H27Cl2N3O3/c1-17(2)25(31-26(33)20-11-8-18(3)9-12-20)27(34)32-30-15-21-6-4-5-7-24(21)35-16-19-10-13-22(28)23(29)14-19/h4-15,17,25H,16H2,1-3H3,(H,31,33)(H,32,34). The van der Waals surface area contributed by atoms with Crippen molar-refractivity contribution in [2.75, 3.05) is 0 Å². The van der Waals surface area contributed by atoms with Crippen LogP contribution in [-0.2, 0) is 11.4 Å². The summed E-state index contributed by atoms with van der Waals surface area (Å²) in [6, 6.07) is 19.0. The lowest BCUT2D eigenvalue weighted by Crippen LogP contribution is -2.48. The van der Waals surface area contributed by atoms with Crippen molar-refractivity contribution < 1.29 is 14.3 Å². The molecule has 0 fully saturated rings. The van der Waals surface area contributed by atoms with E-state index in [1.807, 2.05) is 57.2 Å². The van der Waals surface area contributed by atoms with Gasteiger partial charge in [0.2, 0.25) is 0 Å². The minimum atomic E-state index is -0.748. The summed E-state index contributed by atoms with van der Waals surface area (Å²) in [6.07, 6.45) is 1.50. The quantitative estimate of drug-likeness (QED) is 0.282. The fourth-order valence-corrected chi connectivity index (χ4v) is 3.53. The van der Waals surface area contributed by atoms with Gasteiger partial charge < -0.3 is 10.1 Å². The molecule has 0 saturated carbocycles. The topological polar surface area (TPSA) is 79.8 Å². The predicted molar refractivity (Wildman–Crippen MR) is 140 cm³/mol. The number of hydrogen-bond acceptors (Lipinski definition) is 4. The second kappa shape index (κ2) is 12.4. The molecule has 0 bridgehead atoms. The van der Waals surface area contributed by atoms with Gasteiger partial charge >= 0.3 is 0 Å². The zero-order chi connectivity index (χ0) is 25.4. The lowest BCUT2D eigenvalue weighted by molar-refractivity contribution is -0.123. The number of halogens is 2. The Balaban J connectivity index is 1.62. The maximum atomic E-state index is 12.8. The molecule has 1 unspecified atom stereocenters. The highest BCUT2D eigenvalue weighted by atomic mass is 35.5. The monoisotopic (exact) mass is 511 g/mol. The highest BCUT2D eigenvalue weighted by Gasteiger charge is 2.24. The molecule has 0 heterocycles. The summed E-state index contributed by atoms with van der Waals surface area (Å²) in [5.74, 6) is -0.277. The van der Waals surface area contributed by atoms with Crippen LogP contribution in [0.3, 0.4) is 0 Å². The molecule has 0 saturated heterocycles. The number of carbonyl (C=O) groups excluding carboxylic acids is 2. The van der Waals surface area contributed by atoms with Crippen LogP contribution in [0.5, 0.6) is 5.75 Å². The van der Waals surface area contributed by atoms with Gasteiger partial charge in [0.25, 0.3) is 11.8 Å². The van der Waals surface area contributed by atoms with Crippen molar-refractivity contribution in [3.8, 4) is 5.75 Å². The van der Waals surface area contributed by atoms with Gasteiger partial charge in [-0.3, -0.25) is 9.59 Å². The van der Waals surface area contributed by atoms with Gasteiger partial charge in [0, 0.05) is 11.1 Å². The number of amides is 2. The molecule has 35 heavy (non-hydrogen) atoms. The Kier molecular flexibility index (Phi) is 9.29. The van der Waals surface area contributed by atoms with Crippen LogP contribution in [0.1, 0.15) is 40.9 Å². The van der Waals surface area contributed by atoms with Gasteiger partial charge in [0.05, 0.1) is 16.3 Å². The van der Waals surface area contributed by atoms with Crippen LogP contribution >= 0.6 is 23.2 Å². The van der Waals surface area contributed by atoms with Crippen LogP contribution in [0.25, 0.3) is 0 Å². The minimum absolute atomic E-state index is 0.138. The molecule has 182 valence electrons. The number of nitrogens with zero attached hydrogens (tertiary/aromatic N) is 1. The highest BCUT2D eigenvalue weighted by molar-refractivity contribution is 6.42. The average molecular weight is 512 g/mol. The molecule has 0 aliphatic rings. The van der Waals surface area contributed by atoms with E-state index in [0.29, 0.717) is 26.9 Å². The second-order valence-corrected chi connectivity index (χ2v) is 9.18. The highest BCUT2D eigenvalue weighted by Crippen LogP contribution is 2.24. The maximum absolute atomic E-state index is 12.8. The lowest BCUT2D eigenvalue weighted by Gasteiger charge is -2.20. The molecule has 0 spiro atoms. The van der Waals surface area contributed by atoms with Crippen LogP contribution < -0.4 is 15.5 Å². The van der Waals surface area contributed by atoms with Crippen molar-refractivity contribution >= 4 is 41.2 Å². The summed E-state index contributed by atoms with van der Waals surface area (Å²) < 4.78 is 5.91. The number of ether oxygens (including phenoxy) is 1. The van der Waals surface area contributed by atoms with E-state index in [4.69, 9.17) is 27.9 Å². The third kappa shape index (κ3) is 7.57. The van der Waals surface area contributed by atoms with Gasteiger partial charge in [-0.1, -0.05) is 72.9 Å². The summed E-state index contributed by atoms with van der Waals surface area (Å²) in [7, 11) is 0. The smallest absolute Gasteiger partial charge is 0.262 e. The molecule has 3 aromatic rings. The summed E-state index contributed by atoms with van der Waals surface area (Å²) in [5.41, 5.74) is 5.61. The van der Waals surface area contributed by atoms with E-state index in [9.17, 15) is 9.59 Å². The summed E-state index contributed by atoms with van der Waals surface area (Å²) in [4.78, 5) is 25.3. The normalized spacial score (nSPS) is 11.9. The van der Waals surface area contributed by atoms with Crippen LogP contribution in [-0.4, -0.2) is 24.1 Å². The molecule has 2 N–H and O–H groups in total. The molecular weight excluding hydrogens is 485 g/mol. The van der Waals surface area contributed by atoms with Crippen molar-refractivity contribution in [3.63, 3.8) is 0 Å². The van der Waals surface area contributed by atoms with E-state index in [0.717, 1.165) is 11.1 Å². The number of carbonyl (C=O) groups is 2. The summed E-state index contributed by atoms with van der Waals surface area (Å²) in [5, 5.41) is 7.81. The Bertz CT molecular complexity index is 1210. The Hall–Kier alpha value is -3.35. The van der Waals surface area contributed by atoms with Crippen molar-refractivity contribution in [1.29, 1.82) is 0 Å². The molecule has 3 rings (SSSR count). The second-order valence-electron chi connectivity index (χ2n) is 8.37. The molecule has 8 heteroatoms. The average Bonchev–Trinajstić information content (AvgIpc) is 2.84. The van der Waals surface area contributed by atoms with Gasteiger partial charge in [-0.2, -0.15) is 5.10 Å². The van der Waals surface area contributed by atoms with Crippen molar-refractivity contribution in [2.24, 2.45) is 11.0 Å². The SMILES string of the molecule is Cc1ccc(C(=O)NC(C(=O)NN=Cc2ccccc2OCc2ccc(Cl)c(Cl)c2)C(C)C)cc1. The number of nitrogens with one attached hydrogen (secondary N) is 2. The molecule has 0 aliphatic heterocycles. The molecule has 0 aromatic heterocycles. The summed E-state index contributed by atoms with van der Waals surface area (Å²) >= 11 is 12.0. The lowest BCUT2D eigenvalue weighted by atomic mass is 10.0. The summed E-state index contributed by atoms with van der Waals surface area (Å²) in [6.45, 7) is 5.94.